The SMILES string of the molecule is CC(C)[C@H](N)C(=O)N1CCC[C@H]1C(=O)NCC(=O)O. The molecule has 1 aliphatic heterocycles. The topological polar surface area (TPSA) is 113 Å². The van der Waals surface area contributed by atoms with E-state index in [4.69, 9.17) is 10.8 Å². The third-order valence-corrected chi connectivity index (χ3v) is 3.26. The van der Waals surface area contributed by atoms with Crippen molar-refractivity contribution in [2.24, 2.45) is 11.7 Å². The van der Waals surface area contributed by atoms with Crippen LogP contribution in [0.25, 0.3) is 0 Å². The van der Waals surface area contributed by atoms with Crippen LogP contribution in [0.3, 0.4) is 0 Å². The van der Waals surface area contributed by atoms with Crippen LogP contribution in [-0.4, -0.2) is 53.0 Å². The molecule has 1 rings (SSSR count). The largest absolute Gasteiger partial charge is 0.480 e. The highest BCUT2D eigenvalue weighted by Gasteiger charge is 2.36. The lowest BCUT2D eigenvalue weighted by molar-refractivity contribution is -0.141. The number of nitrogens with one attached hydrogen (secondary N) is 1. The highest BCUT2D eigenvalue weighted by molar-refractivity contribution is 5.91. The summed E-state index contributed by atoms with van der Waals surface area (Å²) >= 11 is 0. The first-order valence-corrected chi connectivity index (χ1v) is 6.40. The average Bonchev–Trinajstić information content (AvgIpc) is 2.82. The van der Waals surface area contributed by atoms with E-state index in [1.54, 1.807) is 0 Å². The lowest BCUT2D eigenvalue weighted by Crippen LogP contribution is -2.53. The van der Waals surface area contributed by atoms with Gasteiger partial charge in [0.25, 0.3) is 0 Å². The molecular weight excluding hydrogens is 250 g/mol. The van der Waals surface area contributed by atoms with Gasteiger partial charge in [-0.15, -0.1) is 0 Å². The number of hydrogen-bond donors (Lipinski definition) is 3. The number of carbonyl (C=O) groups excluding carboxylic acids is 2. The van der Waals surface area contributed by atoms with Gasteiger partial charge in [-0.05, 0) is 18.8 Å². The number of hydrogen-bond acceptors (Lipinski definition) is 4. The zero-order chi connectivity index (χ0) is 14.6. The second kappa shape index (κ2) is 6.51. The summed E-state index contributed by atoms with van der Waals surface area (Å²) in [5, 5.41) is 10.8. The molecule has 0 radical (unpaired) electrons. The van der Waals surface area contributed by atoms with Gasteiger partial charge in [0.05, 0.1) is 6.04 Å². The first kappa shape index (κ1) is 15.4. The summed E-state index contributed by atoms with van der Waals surface area (Å²) < 4.78 is 0. The molecule has 0 aromatic rings. The second-order valence-electron chi connectivity index (χ2n) is 5.07. The molecule has 0 aromatic carbocycles. The van der Waals surface area contributed by atoms with Gasteiger partial charge in [-0.2, -0.15) is 0 Å². The molecule has 7 heteroatoms. The highest BCUT2D eigenvalue weighted by Crippen LogP contribution is 2.19. The van der Waals surface area contributed by atoms with Gasteiger partial charge in [0.15, 0.2) is 0 Å². The summed E-state index contributed by atoms with van der Waals surface area (Å²) in [5.74, 6) is -1.79. The lowest BCUT2D eigenvalue weighted by atomic mass is 10.0. The van der Waals surface area contributed by atoms with Crippen molar-refractivity contribution in [1.29, 1.82) is 0 Å². The van der Waals surface area contributed by atoms with Gasteiger partial charge in [-0.25, -0.2) is 0 Å². The molecule has 0 aliphatic carbocycles. The van der Waals surface area contributed by atoms with Crippen molar-refractivity contribution >= 4 is 17.8 Å². The number of likely N-dealkylation sites (tertiary alicyclic amines) is 1. The lowest BCUT2D eigenvalue weighted by Gasteiger charge is -2.27. The second-order valence-corrected chi connectivity index (χ2v) is 5.07. The van der Waals surface area contributed by atoms with E-state index >= 15 is 0 Å². The molecule has 108 valence electrons. The molecule has 1 heterocycles. The van der Waals surface area contributed by atoms with Gasteiger partial charge >= 0.3 is 5.97 Å². The van der Waals surface area contributed by atoms with E-state index < -0.39 is 30.5 Å². The molecule has 1 aliphatic rings. The Kier molecular flexibility index (Phi) is 5.29. The maximum absolute atomic E-state index is 12.1. The van der Waals surface area contributed by atoms with E-state index in [-0.39, 0.29) is 11.8 Å². The number of aliphatic carboxylic acids is 1. The Labute approximate surface area is 112 Å². The molecule has 4 N–H and O–H groups in total. The Morgan fingerprint density at radius 1 is 1.42 bits per heavy atom. The Hall–Kier alpha value is -1.63. The molecule has 1 fully saturated rings. The maximum Gasteiger partial charge on any atom is 0.322 e. The molecule has 19 heavy (non-hydrogen) atoms. The average molecular weight is 271 g/mol. The monoisotopic (exact) mass is 271 g/mol. The van der Waals surface area contributed by atoms with Gasteiger partial charge in [-0.1, -0.05) is 13.8 Å². The Morgan fingerprint density at radius 3 is 2.58 bits per heavy atom. The molecule has 7 nitrogen and oxygen atoms in total. The Morgan fingerprint density at radius 2 is 2.05 bits per heavy atom. The quantitative estimate of drug-likeness (QED) is 0.603. The summed E-state index contributed by atoms with van der Waals surface area (Å²) in [6.07, 6.45) is 1.27. The minimum atomic E-state index is -1.11. The molecule has 0 unspecified atom stereocenters. The van der Waals surface area contributed by atoms with E-state index in [2.05, 4.69) is 5.32 Å². The predicted molar refractivity (Wildman–Crippen MR) is 68.2 cm³/mol. The van der Waals surface area contributed by atoms with Crippen molar-refractivity contribution in [3.8, 4) is 0 Å². The zero-order valence-corrected chi connectivity index (χ0v) is 11.3. The third-order valence-electron chi connectivity index (χ3n) is 3.26. The summed E-state index contributed by atoms with van der Waals surface area (Å²) in [4.78, 5) is 35.9. The molecule has 1 saturated heterocycles. The number of amides is 2. The predicted octanol–water partition coefficient (Wildman–Crippen LogP) is -0.838. The number of carboxylic acids is 1. The van der Waals surface area contributed by atoms with Gasteiger partial charge in [0.2, 0.25) is 11.8 Å². The van der Waals surface area contributed by atoms with Gasteiger partial charge in [-0.3, -0.25) is 14.4 Å². The minimum Gasteiger partial charge on any atom is -0.480 e. The van der Waals surface area contributed by atoms with Crippen molar-refractivity contribution in [2.45, 2.75) is 38.8 Å². The van der Waals surface area contributed by atoms with Crippen LogP contribution in [0.4, 0.5) is 0 Å². The molecule has 2 atom stereocenters. The summed E-state index contributed by atoms with van der Waals surface area (Å²) in [5.41, 5.74) is 5.81. The number of nitrogens with two attached hydrogens (primary N) is 1. The maximum atomic E-state index is 12.1. The smallest absolute Gasteiger partial charge is 0.322 e. The van der Waals surface area contributed by atoms with Crippen LogP contribution in [0.15, 0.2) is 0 Å². The normalized spacial score (nSPS) is 20.4. The van der Waals surface area contributed by atoms with Crippen molar-refractivity contribution < 1.29 is 19.5 Å². The van der Waals surface area contributed by atoms with Crippen molar-refractivity contribution in [3.05, 3.63) is 0 Å². The van der Waals surface area contributed by atoms with Crippen LogP contribution >= 0.6 is 0 Å². The molecular formula is C12H21N3O4. The fraction of sp³-hybridized carbons (Fsp3) is 0.750. The van der Waals surface area contributed by atoms with Crippen LogP contribution in [0.1, 0.15) is 26.7 Å². The fourth-order valence-corrected chi connectivity index (χ4v) is 2.06. The van der Waals surface area contributed by atoms with Gasteiger partial charge in [0, 0.05) is 6.54 Å². The van der Waals surface area contributed by atoms with Crippen LogP contribution in [0, 0.1) is 5.92 Å². The summed E-state index contributed by atoms with van der Waals surface area (Å²) in [6, 6.07) is -1.23. The molecule has 0 saturated carbocycles. The summed E-state index contributed by atoms with van der Waals surface area (Å²) in [6.45, 7) is 3.74. The Bertz CT molecular complexity index is 370. The van der Waals surface area contributed by atoms with Crippen LogP contribution in [-0.2, 0) is 14.4 Å². The van der Waals surface area contributed by atoms with E-state index in [1.165, 1.54) is 4.90 Å². The molecule has 0 aromatic heterocycles. The number of rotatable bonds is 5. The van der Waals surface area contributed by atoms with Crippen LogP contribution in [0.2, 0.25) is 0 Å². The number of nitrogens with zero attached hydrogens (tertiary/aromatic N) is 1. The highest BCUT2D eigenvalue weighted by atomic mass is 16.4. The standard InChI is InChI=1S/C12H21N3O4/c1-7(2)10(13)12(19)15-5-3-4-8(15)11(18)14-6-9(16)17/h7-8,10H,3-6,13H2,1-2H3,(H,14,18)(H,16,17)/t8-,10-/m0/s1. The van der Waals surface area contributed by atoms with E-state index in [9.17, 15) is 14.4 Å². The van der Waals surface area contributed by atoms with Crippen molar-refractivity contribution in [3.63, 3.8) is 0 Å². The third kappa shape index (κ3) is 3.92. The minimum absolute atomic E-state index is 0.00386. The molecule has 2 amide bonds. The first-order valence-electron chi connectivity index (χ1n) is 6.40. The molecule has 0 bridgehead atoms. The first-order chi connectivity index (χ1) is 8.84. The molecule has 0 spiro atoms. The summed E-state index contributed by atoms with van der Waals surface area (Å²) in [7, 11) is 0. The van der Waals surface area contributed by atoms with E-state index in [0.29, 0.717) is 13.0 Å². The van der Waals surface area contributed by atoms with E-state index in [0.717, 1.165) is 6.42 Å². The Balaban J connectivity index is 2.65. The van der Waals surface area contributed by atoms with E-state index in [1.807, 2.05) is 13.8 Å². The fourth-order valence-electron chi connectivity index (χ4n) is 2.06. The van der Waals surface area contributed by atoms with Crippen LogP contribution < -0.4 is 11.1 Å². The van der Waals surface area contributed by atoms with Gasteiger partial charge in [0.1, 0.15) is 12.6 Å². The zero-order valence-electron chi connectivity index (χ0n) is 11.3. The van der Waals surface area contributed by atoms with Crippen LogP contribution in [0.5, 0.6) is 0 Å². The van der Waals surface area contributed by atoms with Gasteiger partial charge < -0.3 is 21.1 Å². The van der Waals surface area contributed by atoms with Crippen molar-refractivity contribution in [2.75, 3.05) is 13.1 Å². The number of carbonyl (C=O) groups is 3. The van der Waals surface area contributed by atoms with Crippen molar-refractivity contribution in [1.82, 2.24) is 10.2 Å². The number of carboxylic acid groups (broad SMARTS) is 1.